The molecule has 0 spiro atoms. The number of hydrogen-bond acceptors (Lipinski definition) is 2. The second-order valence-corrected chi connectivity index (χ2v) is 7.54. The lowest BCUT2D eigenvalue weighted by molar-refractivity contribution is -0.691. The summed E-state index contributed by atoms with van der Waals surface area (Å²) in [7, 11) is 0. The highest BCUT2D eigenvalue weighted by atomic mass is 35.5. The van der Waals surface area contributed by atoms with Gasteiger partial charge in [0.1, 0.15) is 0 Å². The van der Waals surface area contributed by atoms with E-state index in [1.807, 2.05) is 6.07 Å². The lowest BCUT2D eigenvalue weighted by Gasteiger charge is -2.20. The molecule has 0 saturated heterocycles. The van der Waals surface area contributed by atoms with E-state index >= 15 is 0 Å². The third-order valence-electron chi connectivity index (χ3n) is 4.89. The summed E-state index contributed by atoms with van der Waals surface area (Å²) >= 11 is 6.24. The van der Waals surface area contributed by atoms with Gasteiger partial charge in [-0.25, -0.2) is 0 Å². The van der Waals surface area contributed by atoms with Crippen molar-refractivity contribution < 1.29 is 4.57 Å². The van der Waals surface area contributed by atoms with Gasteiger partial charge in [-0.15, -0.1) is 0 Å². The molecule has 1 atom stereocenters. The summed E-state index contributed by atoms with van der Waals surface area (Å²) < 4.78 is 2.28. The van der Waals surface area contributed by atoms with Crippen molar-refractivity contribution in [1.29, 1.82) is 0 Å². The summed E-state index contributed by atoms with van der Waals surface area (Å²) in [6, 6.07) is 9.21. The van der Waals surface area contributed by atoms with Gasteiger partial charge in [0.25, 0.3) is 0 Å². The van der Waals surface area contributed by atoms with Gasteiger partial charge in [0, 0.05) is 23.2 Å². The number of rotatable bonds is 9. The van der Waals surface area contributed by atoms with Crippen LogP contribution >= 0.6 is 11.6 Å². The van der Waals surface area contributed by atoms with Crippen LogP contribution in [0.25, 0.3) is 10.9 Å². The molecular weight excluding hydrogens is 330 g/mol. The Morgan fingerprint density at radius 2 is 1.84 bits per heavy atom. The molecule has 0 aliphatic rings. The predicted molar refractivity (Wildman–Crippen MR) is 110 cm³/mol. The summed E-state index contributed by atoms with van der Waals surface area (Å²) in [6.07, 6.45) is 4.55. The van der Waals surface area contributed by atoms with E-state index < -0.39 is 0 Å². The molecule has 0 amide bonds. The molecule has 25 heavy (non-hydrogen) atoms. The molecule has 1 aromatic heterocycles. The van der Waals surface area contributed by atoms with E-state index in [1.165, 1.54) is 36.0 Å². The maximum Gasteiger partial charge on any atom is 0.216 e. The third-order valence-corrected chi connectivity index (χ3v) is 5.13. The van der Waals surface area contributed by atoms with Crippen molar-refractivity contribution in [3.05, 3.63) is 35.5 Å². The first kappa shape index (κ1) is 20.0. The largest absolute Gasteiger partial charge is 0.382 e. The van der Waals surface area contributed by atoms with Crippen LogP contribution in [0, 0.1) is 0 Å². The lowest BCUT2D eigenvalue weighted by Crippen LogP contribution is -2.36. The van der Waals surface area contributed by atoms with E-state index in [4.69, 9.17) is 11.6 Å². The Kier molecular flexibility index (Phi) is 7.52. The van der Waals surface area contributed by atoms with Crippen LogP contribution in [0.1, 0.15) is 53.5 Å². The zero-order valence-electron chi connectivity index (χ0n) is 16.3. The number of nitrogens with zero attached hydrogens (tertiary/aromatic N) is 2. The van der Waals surface area contributed by atoms with Gasteiger partial charge in [-0.3, -0.25) is 0 Å². The molecule has 0 bridgehead atoms. The third kappa shape index (κ3) is 5.32. The van der Waals surface area contributed by atoms with Crippen LogP contribution in [0.15, 0.2) is 30.5 Å². The Morgan fingerprint density at radius 1 is 1.12 bits per heavy atom. The number of pyridine rings is 1. The van der Waals surface area contributed by atoms with E-state index in [-0.39, 0.29) is 0 Å². The summed E-state index contributed by atoms with van der Waals surface area (Å²) in [5, 5.41) is 5.72. The molecule has 3 nitrogen and oxygen atoms in total. The normalized spacial score (nSPS) is 13.0. The molecule has 1 N–H and O–H groups in total. The van der Waals surface area contributed by atoms with Gasteiger partial charge < -0.3 is 10.2 Å². The Bertz CT molecular complexity index is 680. The van der Waals surface area contributed by atoms with E-state index in [1.54, 1.807) is 0 Å². The molecule has 0 aliphatic carbocycles. The molecule has 0 fully saturated rings. The lowest BCUT2D eigenvalue weighted by atomic mass is 10.1. The molecule has 4 heteroatoms. The number of aromatic nitrogens is 1. The van der Waals surface area contributed by atoms with Gasteiger partial charge in [0.05, 0.1) is 11.1 Å². The van der Waals surface area contributed by atoms with Crippen molar-refractivity contribution in [2.24, 2.45) is 0 Å². The Labute approximate surface area is 158 Å². The second kappa shape index (κ2) is 9.40. The first-order valence-electron chi connectivity index (χ1n) is 9.58. The Morgan fingerprint density at radius 3 is 2.48 bits per heavy atom. The topological polar surface area (TPSA) is 19.1 Å². The van der Waals surface area contributed by atoms with Gasteiger partial charge >= 0.3 is 0 Å². The number of nitrogens with one attached hydrogen (secondary N) is 1. The highest BCUT2D eigenvalue weighted by molar-refractivity contribution is 6.31. The van der Waals surface area contributed by atoms with Gasteiger partial charge in [0.15, 0.2) is 12.2 Å². The van der Waals surface area contributed by atoms with Crippen molar-refractivity contribution in [2.45, 2.75) is 59.5 Å². The highest BCUT2D eigenvalue weighted by Crippen LogP contribution is 2.25. The zero-order chi connectivity index (χ0) is 18.4. The molecule has 2 aromatic rings. The smallest absolute Gasteiger partial charge is 0.216 e. The van der Waals surface area contributed by atoms with Crippen LogP contribution in [-0.2, 0) is 0 Å². The summed E-state index contributed by atoms with van der Waals surface area (Å²) in [6.45, 7) is 14.6. The van der Waals surface area contributed by atoms with Gasteiger partial charge in [-0.05, 0) is 65.4 Å². The average molecular weight is 363 g/mol. The van der Waals surface area contributed by atoms with E-state index in [0.717, 1.165) is 18.1 Å². The standard InChI is InChI=1S/C21H32ClN3/c1-6-24(7-2)13-8-9-17(5)23-20-12-14-25(16(3)4)21-15-18(22)10-11-19(20)21/h10-12,14-17H,6-9,13H2,1-5H3/p+1. The van der Waals surface area contributed by atoms with Crippen molar-refractivity contribution in [1.82, 2.24) is 4.90 Å². The Hall–Kier alpha value is -1.32. The molecule has 1 aromatic carbocycles. The number of fused-ring (bicyclic) bond motifs is 1. The van der Waals surface area contributed by atoms with Crippen LogP contribution in [0.2, 0.25) is 5.02 Å². The fourth-order valence-corrected chi connectivity index (χ4v) is 3.51. The van der Waals surface area contributed by atoms with Crippen LogP contribution in [0.5, 0.6) is 0 Å². The Balaban J connectivity index is 2.12. The van der Waals surface area contributed by atoms with Crippen LogP contribution < -0.4 is 9.88 Å². The maximum atomic E-state index is 6.24. The molecule has 0 aliphatic heterocycles. The van der Waals surface area contributed by atoms with Crippen molar-refractivity contribution >= 4 is 28.2 Å². The minimum absolute atomic E-state index is 0.404. The number of anilines is 1. The molecule has 2 rings (SSSR count). The quantitative estimate of drug-likeness (QED) is 0.611. The highest BCUT2D eigenvalue weighted by Gasteiger charge is 2.17. The summed E-state index contributed by atoms with van der Waals surface area (Å²) in [5.41, 5.74) is 2.38. The molecular formula is C21H33ClN3+. The van der Waals surface area contributed by atoms with Gasteiger partial charge in [0.2, 0.25) is 5.52 Å². The molecule has 1 heterocycles. The van der Waals surface area contributed by atoms with Gasteiger partial charge in [-0.1, -0.05) is 25.4 Å². The number of benzene rings is 1. The van der Waals surface area contributed by atoms with E-state index in [2.05, 4.69) is 73.8 Å². The van der Waals surface area contributed by atoms with E-state index in [0.29, 0.717) is 12.1 Å². The predicted octanol–water partition coefficient (Wildman–Crippen LogP) is 5.28. The van der Waals surface area contributed by atoms with E-state index in [9.17, 15) is 0 Å². The van der Waals surface area contributed by atoms with Crippen LogP contribution in [0.3, 0.4) is 0 Å². The van der Waals surface area contributed by atoms with Crippen molar-refractivity contribution in [2.75, 3.05) is 25.0 Å². The first-order valence-corrected chi connectivity index (χ1v) is 9.96. The fraction of sp³-hybridized carbons (Fsp3) is 0.571. The van der Waals surface area contributed by atoms with Crippen molar-refractivity contribution in [3.8, 4) is 0 Å². The average Bonchev–Trinajstić information content (AvgIpc) is 2.58. The SMILES string of the molecule is CCN(CC)CCCC(C)Nc1cc[n+](C(C)C)c2cc(Cl)ccc12. The monoisotopic (exact) mass is 362 g/mol. The van der Waals surface area contributed by atoms with Crippen LogP contribution in [-0.4, -0.2) is 30.6 Å². The second-order valence-electron chi connectivity index (χ2n) is 7.11. The molecule has 1 unspecified atom stereocenters. The first-order chi connectivity index (χ1) is 12.0. The van der Waals surface area contributed by atoms with Crippen LogP contribution in [0.4, 0.5) is 5.69 Å². The number of hydrogen-bond donors (Lipinski definition) is 1. The zero-order valence-corrected chi connectivity index (χ0v) is 17.1. The molecule has 138 valence electrons. The van der Waals surface area contributed by atoms with Gasteiger partial charge in [-0.2, -0.15) is 4.57 Å². The molecule has 0 saturated carbocycles. The summed E-state index contributed by atoms with van der Waals surface area (Å²) in [5.74, 6) is 0. The minimum atomic E-state index is 0.404. The minimum Gasteiger partial charge on any atom is -0.382 e. The maximum absolute atomic E-state index is 6.24. The molecule has 0 radical (unpaired) electrons. The number of halogens is 1. The fourth-order valence-electron chi connectivity index (χ4n) is 3.35. The van der Waals surface area contributed by atoms with Crippen molar-refractivity contribution in [3.63, 3.8) is 0 Å². The summed E-state index contributed by atoms with van der Waals surface area (Å²) in [4.78, 5) is 2.48.